The summed E-state index contributed by atoms with van der Waals surface area (Å²) in [7, 11) is 1.65. The number of benzene rings is 2. The lowest BCUT2D eigenvalue weighted by atomic mass is 10.1. The fourth-order valence-corrected chi connectivity index (χ4v) is 9.10. The van der Waals surface area contributed by atoms with Crippen LogP contribution in [0.15, 0.2) is 54.9 Å². The second kappa shape index (κ2) is 13.6. The van der Waals surface area contributed by atoms with Gasteiger partial charge in [-0.05, 0) is 94.9 Å². The van der Waals surface area contributed by atoms with Crippen LogP contribution < -0.4 is 15.0 Å². The van der Waals surface area contributed by atoms with E-state index >= 15 is 0 Å². The molecule has 2 aliphatic carbocycles. The normalized spacial score (nSPS) is 22.1. The van der Waals surface area contributed by atoms with E-state index in [1.54, 1.807) is 13.3 Å². The summed E-state index contributed by atoms with van der Waals surface area (Å²) in [5.41, 5.74) is 4.02. The van der Waals surface area contributed by atoms with Crippen LogP contribution in [-0.4, -0.2) is 85.4 Å². The molecule has 2 aliphatic heterocycles. The van der Waals surface area contributed by atoms with E-state index in [0.29, 0.717) is 47.3 Å². The van der Waals surface area contributed by atoms with Crippen molar-refractivity contribution in [2.75, 3.05) is 31.6 Å². The molecule has 3 aromatic heterocycles. The number of imidazole rings is 1. The maximum Gasteiger partial charge on any atom is 0.407 e. The molecule has 0 radical (unpaired) electrons. The molecule has 5 heterocycles. The average Bonchev–Trinajstić information content (AvgIpc) is 3.51. The third-order valence-corrected chi connectivity index (χ3v) is 11.8. The number of nitriles is 1. The lowest BCUT2D eigenvalue weighted by Gasteiger charge is -2.28. The Labute approximate surface area is 320 Å². The number of fused-ring (bicyclic) bond motifs is 4. The fourth-order valence-electron chi connectivity index (χ4n) is 9.10. The third kappa shape index (κ3) is 6.61. The van der Waals surface area contributed by atoms with Gasteiger partial charge in [0.05, 0.1) is 42.8 Å². The second-order valence-electron chi connectivity index (χ2n) is 16.7. The molecular weight excluding hydrogens is 695 g/mol. The van der Waals surface area contributed by atoms with Crippen LogP contribution >= 0.6 is 0 Å². The molecule has 2 aromatic carbocycles. The second-order valence-corrected chi connectivity index (χ2v) is 16.7. The van der Waals surface area contributed by atoms with E-state index in [-0.39, 0.29) is 29.8 Å². The van der Waals surface area contributed by atoms with Crippen molar-refractivity contribution in [2.24, 2.45) is 17.8 Å². The summed E-state index contributed by atoms with van der Waals surface area (Å²) >= 11 is 0. The third-order valence-electron chi connectivity index (χ3n) is 11.8. The molecule has 13 heteroatoms. The van der Waals surface area contributed by atoms with Crippen molar-refractivity contribution in [1.29, 1.82) is 5.26 Å². The molecule has 55 heavy (non-hydrogen) atoms. The molecule has 9 rings (SSSR count). The van der Waals surface area contributed by atoms with Crippen molar-refractivity contribution in [3.05, 3.63) is 66.1 Å². The van der Waals surface area contributed by atoms with E-state index in [2.05, 4.69) is 65.7 Å². The molecule has 2 unspecified atom stereocenters. The lowest BCUT2D eigenvalue weighted by molar-refractivity contribution is 0.0485. The number of anilines is 1. The minimum atomic E-state index is -0.604. The maximum atomic E-state index is 14.4. The number of alkyl carbamates (subject to hydrolysis) is 1. The number of para-hydroxylation sites is 1. The van der Waals surface area contributed by atoms with Crippen molar-refractivity contribution < 1.29 is 19.1 Å². The summed E-state index contributed by atoms with van der Waals surface area (Å²) in [5, 5.41) is 13.7. The number of methoxy groups -OCH3 is 1. The summed E-state index contributed by atoms with van der Waals surface area (Å²) in [6.07, 6.45) is 7.92. The Morgan fingerprint density at radius 3 is 2.56 bits per heavy atom. The van der Waals surface area contributed by atoms with Crippen molar-refractivity contribution >= 4 is 39.8 Å². The Bertz CT molecular complexity index is 2350. The van der Waals surface area contributed by atoms with Gasteiger partial charge in [-0.25, -0.2) is 14.8 Å². The van der Waals surface area contributed by atoms with Gasteiger partial charge in [-0.3, -0.25) is 9.78 Å². The number of ether oxygens (including phenoxy) is 2. The Kier molecular flexibility index (Phi) is 8.67. The smallest absolute Gasteiger partial charge is 0.407 e. The van der Waals surface area contributed by atoms with Crippen LogP contribution in [0.1, 0.15) is 68.9 Å². The molecule has 0 spiro atoms. The van der Waals surface area contributed by atoms with E-state index < -0.39 is 11.7 Å². The minimum absolute atomic E-state index is 0.0884. The van der Waals surface area contributed by atoms with Gasteiger partial charge in [-0.2, -0.15) is 5.26 Å². The van der Waals surface area contributed by atoms with Gasteiger partial charge in [-0.1, -0.05) is 18.2 Å². The van der Waals surface area contributed by atoms with Crippen LogP contribution in [0, 0.1) is 29.1 Å². The molecule has 4 fully saturated rings. The molecule has 1 N–H and O–H groups in total. The average molecular weight is 742 g/mol. The monoisotopic (exact) mass is 741 g/mol. The molecular formula is C42H47N9O4. The quantitative estimate of drug-likeness (QED) is 0.182. The summed E-state index contributed by atoms with van der Waals surface area (Å²) in [6, 6.07) is 16.4. The van der Waals surface area contributed by atoms with Crippen LogP contribution in [0.5, 0.6) is 5.75 Å². The molecule has 4 aliphatic rings. The summed E-state index contributed by atoms with van der Waals surface area (Å²) in [6.45, 7) is 9.28. The van der Waals surface area contributed by atoms with Crippen LogP contribution in [-0.2, 0) is 17.8 Å². The predicted molar refractivity (Wildman–Crippen MR) is 208 cm³/mol. The maximum absolute atomic E-state index is 14.4. The van der Waals surface area contributed by atoms with Gasteiger partial charge >= 0.3 is 6.09 Å². The Balaban J connectivity index is 1.09. The van der Waals surface area contributed by atoms with Crippen LogP contribution in [0.25, 0.3) is 33.5 Å². The van der Waals surface area contributed by atoms with Gasteiger partial charge in [0, 0.05) is 49.2 Å². The SMILES string of the molecule is COc1cc(C(=O)N2CC3CCC2[C@@H]3NC(=O)OC(C)(C)C)cc2nc(-c3cc4ccccc4n3CC3CC3)n(C[C@H]3CCN(c4cncc(C#N)n4)C3)c12. The lowest BCUT2D eigenvalue weighted by Crippen LogP contribution is -2.46. The number of nitrogens with zero attached hydrogens (tertiary/aromatic N) is 8. The minimum Gasteiger partial charge on any atom is -0.494 e. The molecule has 2 saturated carbocycles. The van der Waals surface area contributed by atoms with E-state index in [1.165, 1.54) is 29.9 Å². The fraction of sp³-hybridized carbons (Fsp3) is 0.476. The standard InChI is InChI=1S/C42H47N9O4/c1-42(2,3)55-41(53)47-37-28-11-12-33(37)50(24-28)40(52)29-15-31-38(35(17-29)54-4)51(23-26-13-14-48(21-26)36-20-44-19-30(18-43)45-36)39(46-31)34-16-27-7-5-6-8-32(27)49(34)22-25-9-10-25/h5-8,15-17,19-20,25-26,28,33,37H,9-14,21-24H2,1-4H3,(H,47,53)/t26-,28?,33?,37+/m0/s1. The van der Waals surface area contributed by atoms with Crippen molar-refractivity contribution in [1.82, 2.24) is 34.3 Å². The van der Waals surface area contributed by atoms with Crippen LogP contribution in [0.2, 0.25) is 0 Å². The zero-order valence-corrected chi connectivity index (χ0v) is 31.9. The molecule has 2 amide bonds. The number of nitrogens with one attached hydrogen (secondary N) is 1. The first-order chi connectivity index (χ1) is 26.6. The Hall–Kier alpha value is -5.64. The first kappa shape index (κ1) is 35.1. The largest absolute Gasteiger partial charge is 0.494 e. The number of carbonyl (C=O) groups excluding carboxylic acids is 2. The highest BCUT2D eigenvalue weighted by Gasteiger charge is 2.50. The van der Waals surface area contributed by atoms with E-state index in [4.69, 9.17) is 14.5 Å². The summed E-state index contributed by atoms with van der Waals surface area (Å²) in [4.78, 5) is 45.4. The zero-order valence-electron chi connectivity index (χ0n) is 31.9. The van der Waals surface area contributed by atoms with Crippen molar-refractivity contribution in [3.63, 3.8) is 0 Å². The van der Waals surface area contributed by atoms with E-state index in [0.717, 1.165) is 55.9 Å². The highest BCUT2D eigenvalue weighted by atomic mass is 16.6. The number of aromatic nitrogens is 5. The Morgan fingerprint density at radius 1 is 0.964 bits per heavy atom. The van der Waals surface area contributed by atoms with Gasteiger partial charge in [-0.15, -0.1) is 0 Å². The van der Waals surface area contributed by atoms with Crippen LogP contribution in [0.4, 0.5) is 10.6 Å². The first-order valence-electron chi connectivity index (χ1n) is 19.5. The number of amides is 2. The number of hydrogen-bond donors (Lipinski definition) is 1. The topological polar surface area (TPSA) is 143 Å². The first-order valence-corrected chi connectivity index (χ1v) is 19.5. The molecule has 4 atom stereocenters. The van der Waals surface area contributed by atoms with Crippen LogP contribution in [0.3, 0.4) is 0 Å². The number of piperidine rings is 1. The summed E-state index contributed by atoms with van der Waals surface area (Å²) < 4.78 is 16.4. The highest BCUT2D eigenvalue weighted by Crippen LogP contribution is 2.42. The highest BCUT2D eigenvalue weighted by molar-refractivity contribution is 6.00. The van der Waals surface area contributed by atoms with Gasteiger partial charge < -0.3 is 33.7 Å². The molecule has 284 valence electrons. The van der Waals surface area contributed by atoms with Crippen molar-refractivity contribution in [2.45, 2.75) is 83.6 Å². The van der Waals surface area contributed by atoms with E-state index in [1.807, 2.05) is 37.8 Å². The predicted octanol–water partition coefficient (Wildman–Crippen LogP) is 6.39. The molecule has 5 aromatic rings. The number of likely N-dealkylation sites (tertiary alicyclic amines) is 1. The summed E-state index contributed by atoms with van der Waals surface area (Å²) in [5.74, 6) is 3.14. The number of hydrogen-bond acceptors (Lipinski definition) is 9. The molecule has 13 nitrogen and oxygen atoms in total. The number of rotatable bonds is 9. The Morgan fingerprint density at radius 2 is 1.78 bits per heavy atom. The van der Waals surface area contributed by atoms with Gasteiger partial charge in [0.25, 0.3) is 5.91 Å². The molecule has 2 bridgehead atoms. The van der Waals surface area contributed by atoms with Crippen molar-refractivity contribution in [3.8, 4) is 23.3 Å². The van der Waals surface area contributed by atoms with Gasteiger partial charge in [0.15, 0.2) is 11.5 Å². The van der Waals surface area contributed by atoms with E-state index in [9.17, 15) is 14.9 Å². The van der Waals surface area contributed by atoms with Gasteiger partial charge in [0.1, 0.15) is 28.8 Å². The van der Waals surface area contributed by atoms with Gasteiger partial charge in [0.2, 0.25) is 0 Å². The molecule has 2 saturated heterocycles. The number of carbonyl (C=O) groups is 2. The zero-order chi connectivity index (χ0) is 38.0.